The highest BCUT2D eigenvalue weighted by Gasteiger charge is 2.33. The molecule has 0 saturated heterocycles. The van der Waals surface area contributed by atoms with Gasteiger partial charge in [0.2, 0.25) is 11.8 Å². The van der Waals surface area contributed by atoms with E-state index in [-0.39, 0.29) is 23.3 Å². The molecule has 1 fully saturated rings. The lowest BCUT2D eigenvalue weighted by Crippen LogP contribution is -2.34. The molecule has 19 heavy (non-hydrogen) atoms. The molecule has 106 valence electrons. The van der Waals surface area contributed by atoms with Crippen LogP contribution in [0.3, 0.4) is 0 Å². The summed E-state index contributed by atoms with van der Waals surface area (Å²) < 4.78 is 19.3. The maximum absolute atomic E-state index is 13.6. The van der Waals surface area contributed by atoms with Crippen LogP contribution in [0.5, 0.6) is 5.88 Å². The van der Waals surface area contributed by atoms with E-state index in [4.69, 9.17) is 10.6 Å². The number of ether oxygens (including phenoxy) is 1. The summed E-state index contributed by atoms with van der Waals surface area (Å²) in [7, 11) is 0. The van der Waals surface area contributed by atoms with Crippen molar-refractivity contribution in [2.75, 3.05) is 5.43 Å². The fraction of sp³-hybridized carbons (Fsp3) is 0.692. The van der Waals surface area contributed by atoms with E-state index in [1.807, 2.05) is 0 Å². The number of nitrogens with two attached hydrogens (primary N) is 1. The van der Waals surface area contributed by atoms with Gasteiger partial charge in [-0.15, -0.1) is 0 Å². The Bertz CT molecular complexity index is 452. The molecule has 2 rings (SSSR count). The van der Waals surface area contributed by atoms with Crippen molar-refractivity contribution in [2.24, 2.45) is 17.2 Å². The van der Waals surface area contributed by atoms with Crippen LogP contribution >= 0.6 is 0 Å². The molecular weight excluding hydrogens is 247 g/mol. The number of nitrogen functional groups attached to an aromatic ring is 1. The normalized spacial score (nSPS) is 25.9. The number of hydrogen-bond acceptors (Lipinski definition) is 5. The van der Waals surface area contributed by atoms with E-state index in [0.717, 1.165) is 25.5 Å². The van der Waals surface area contributed by atoms with E-state index in [2.05, 4.69) is 36.2 Å². The van der Waals surface area contributed by atoms with Gasteiger partial charge >= 0.3 is 0 Å². The number of halogens is 1. The topological polar surface area (TPSA) is 73.1 Å². The highest BCUT2D eigenvalue weighted by molar-refractivity contribution is 5.26. The Hall–Kier alpha value is -1.43. The molecular formula is C13H21FN4O. The molecule has 1 aromatic heterocycles. The number of anilines is 1. The number of hydrazine groups is 1. The summed E-state index contributed by atoms with van der Waals surface area (Å²) in [4.78, 5) is 7.61. The Morgan fingerprint density at radius 2 is 2.21 bits per heavy atom. The van der Waals surface area contributed by atoms with Crippen molar-refractivity contribution in [3.05, 3.63) is 12.0 Å². The Balaban J connectivity index is 2.12. The van der Waals surface area contributed by atoms with Crippen molar-refractivity contribution < 1.29 is 9.13 Å². The zero-order valence-electron chi connectivity index (χ0n) is 11.6. The summed E-state index contributed by atoms with van der Waals surface area (Å²) in [6, 6.07) is 0. The van der Waals surface area contributed by atoms with Crippen molar-refractivity contribution >= 4 is 5.95 Å². The monoisotopic (exact) mass is 268 g/mol. The second kappa shape index (κ2) is 5.28. The first-order valence-electron chi connectivity index (χ1n) is 6.55. The first-order chi connectivity index (χ1) is 8.89. The molecule has 1 aromatic rings. The van der Waals surface area contributed by atoms with Crippen LogP contribution in [0.1, 0.15) is 40.0 Å². The average Bonchev–Trinajstić information content (AvgIpc) is 2.29. The van der Waals surface area contributed by atoms with E-state index in [1.165, 1.54) is 0 Å². The molecule has 2 atom stereocenters. The maximum Gasteiger partial charge on any atom is 0.255 e. The fourth-order valence-electron chi connectivity index (χ4n) is 3.01. The smallest absolute Gasteiger partial charge is 0.255 e. The van der Waals surface area contributed by atoms with Crippen LogP contribution in [0.25, 0.3) is 0 Å². The van der Waals surface area contributed by atoms with Gasteiger partial charge in [-0.2, -0.15) is 9.37 Å². The minimum atomic E-state index is -0.560. The lowest BCUT2D eigenvalue weighted by Gasteiger charge is -2.38. The highest BCUT2D eigenvalue weighted by atomic mass is 19.1. The van der Waals surface area contributed by atoms with Crippen LogP contribution < -0.4 is 16.0 Å². The van der Waals surface area contributed by atoms with E-state index >= 15 is 0 Å². The van der Waals surface area contributed by atoms with Crippen molar-refractivity contribution in [1.29, 1.82) is 0 Å². The summed E-state index contributed by atoms with van der Waals surface area (Å²) >= 11 is 0. The number of nitrogens with zero attached hydrogens (tertiary/aromatic N) is 2. The summed E-state index contributed by atoms with van der Waals surface area (Å²) in [6.45, 7) is 6.62. The van der Waals surface area contributed by atoms with Crippen molar-refractivity contribution in [1.82, 2.24) is 9.97 Å². The third kappa shape index (κ3) is 3.53. The van der Waals surface area contributed by atoms with Gasteiger partial charge < -0.3 is 4.74 Å². The molecule has 0 aliphatic heterocycles. The summed E-state index contributed by atoms with van der Waals surface area (Å²) in [5.41, 5.74) is 2.50. The van der Waals surface area contributed by atoms with E-state index in [0.29, 0.717) is 5.92 Å². The highest BCUT2D eigenvalue weighted by Crippen LogP contribution is 2.40. The predicted octanol–water partition coefficient (Wildman–Crippen LogP) is 2.49. The second-order valence-electron chi connectivity index (χ2n) is 6.14. The molecule has 5 nitrogen and oxygen atoms in total. The number of rotatable bonds is 3. The summed E-state index contributed by atoms with van der Waals surface area (Å²) in [5, 5.41) is 0. The first-order valence-corrected chi connectivity index (χ1v) is 6.55. The van der Waals surface area contributed by atoms with Gasteiger partial charge in [0, 0.05) is 0 Å². The largest absolute Gasteiger partial charge is 0.472 e. The molecule has 6 heteroatoms. The van der Waals surface area contributed by atoms with E-state index < -0.39 is 5.82 Å². The van der Waals surface area contributed by atoms with Gasteiger partial charge in [-0.25, -0.2) is 10.8 Å². The minimum Gasteiger partial charge on any atom is -0.472 e. The minimum absolute atomic E-state index is 0.0197. The Labute approximate surface area is 112 Å². The lowest BCUT2D eigenvalue weighted by atomic mass is 9.71. The van der Waals surface area contributed by atoms with Crippen LogP contribution in [0.2, 0.25) is 0 Å². The molecule has 0 aromatic carbocycles. The number of aromatic nitrogens is 2. The van der Waals surface area contributed by atoms with Crippen LogP contribution in [0.15, 0.2) is 6.20 Å². The fourth-order valence-corrected chi connectivity index (χ4v) is 3.01. The molecule has 0 bridgehead atoms. The quantitative estimate of drug-likeness (QED) is 0.651. The van der Waals surface area contributed by atoms with Gasteiger partial charge in [-0.3, -0.25) is 5.43 Å². The summed E-state index contributed by atoms with van der Waals surface area (Å²) in [6.07, 6.45) is 4.02. The van der Waals surface area contributed by atoms with Gasteiger partial charge in [-0.1, -0.05) is 20.8 Å². The van der Waals surface area contributed by atoms with Crippen LogP contribution in [-0.4, -0.2) is 16.1 Å². The second-order valence-corrected chi connectivity index (χ2v) is 6.14. The predicted molar refractivity (Wildman–Crippen MR) is 71.0 cm³/mol. The van der Waals surface area contributed by atoms with Gasteiger partial charge in [-0.05, 0) is 30.6 Å². The molecule has 0 radical (unpaired) electrons. The van der Waals surface area contributed by atoms with Crippen LogP contribution in [0, 0.1) is 17.2 Å². The zero-order valence-corrected chi connectivity index (χ0v) is 11.6. The molecule has 1 aliphatic rings. The third-order valence-corrected chi connectivity index (χ3v) is 3.47. The first kappa shape index (κ1) is 14.0. The molecule has 0 spiro atoms. The van der Waals surface area contributed by atoms with Crippen LogP contribution in [-0.2, 0) is 0 Å². The Morgan fingerprint density at radius 3 is 2.84 bits per heavy atom. The lowest BCUT2D eigenvalue weighted by molar-refractivity contribution is 0.0503. The molecule has 0 amide bonds. The van der Waals surface area contributed by atoms with Crippen molar-refractivity contribution in [3.63, 3.8) is 0 Å². The average molecular weight is 268 g/mol. The molecule has 3 N–H and O–H groups in total. The molecule has 1 heterocycles. The Kier molecular flexibility index (Phi) is 3.89. The van der Waals surface area contributed by atoms with Gasteiger partial charge in [0.25, 0.3) is 5.88 Å². The SMILES string of the molecule is CC1CC(Oc2nc(NN)ncc2F)CC(C)(C)C1. The van der Waals surface area contributed by atoms with Crippen molar-refractivity contribution in [3.8, 4) is 5.88 Å². The van der Waals surface area contributed by atoms with Gasteiger partial charge in [0.05, 0.1) is 6.20 Å². The zero-order chi connectivity index (χ0) is 14.0. The molecule has 1 aliphatic carbocycles. The standard InChI is InChI=1S/C13H21FN4O/c1-8-4-9(6-13(2,3)5-8)19-11-10(14)7-16-12(17-11)18-15/h7-9H,4-6,15H2,1-3H3,(H,16,17,18). The van der Waals surface area contributed by atoms with Crippen LogP contribution in [0.4, 0.5) is 10.3 Å². The van der Waals surface area contributed by atoms with E-state index in [9.17, 15) is 4.39 Å². The summed E-state index contributed by atoms with van der Waals surface area (Å²) in [5.74, 6) is 5.34. The van der Waals surface area contributed by atoms with Crippen molar-refractivity contribution in [2.45, 2.75) is 46.1 Å². The van der Waals surface area contributed by atoms with E-state index in [1.54, 1.807) is 0 Å². The Morgan fingerprint density at radius 1 is 1.47 bits per heavy atom. The maximum atomic E-state index is 13.6. The number of hydrogen-bond donors (Lipinski definition) is 2. The third-order valence-electron chi connectivity index (χ3n) is 3.47. The molecule has 2 unspecified atom stereocenters. The number of nitrogens with one attached hydrogen (secondary N) is 1. The van der Waals surface area contributed by atoms with Gasteiger partial charge in [0.1, 0.15) is 6.10 Å². The molecule has 1 saturated carbocycles. The van der Waals surface area contributed by atoms with Gasteiger partial charge in [0.15, 0.2) is 0 Å².